The topological polar surface area (TPSA) is 42.0 Å². The van der Waals surface area contributed by atoms with Crippen molar-refractivity contribution in [1.29, 1.82) is 0 Å². The first-order chi connectivity index (χ1) is 8.86. The van der Waals surface area contributed by atoms with Crippen LogP contribution in [-0.4, -0.2) is 10.9 Å². The molecule has 1 heterocycles. The van der Waals surface area contributed by atoms with Gasteiger partial charge in [0.25, 0.3) is 5.91 Å². The third-order valence-electron chi connectivity index (χ3n) is 2.58. The zero-order chi connectivity index (χ0) is 14.0. The highest BCUT2D eigenvalue weighted by atomic mass is 32.1. The molecule has 0 bridgehead atoms. The summed E-state index contributed by atoms with van der Waals surface area (Å²) in [6, 6.07) is 5.58. The zero-order valence-corrected chi connectivity index (χ0v) is 11.8. The van der Waals surface area contributed by atoms with Crippen molar-refractivity contribution in [2.45, 2.75) is 26.2 Å². The molecule has 3 nitrogen and oxygen atoms in total. The van der Waals surface area contributed by atoms with Crippen LogP contribution in [0.5, 0.6) is 0 Å². The Kier molecular flexibility index (Phi) is 3.66. The summed E-state index contributed by atoms with van der Waals surface area (Å²) < 4.78 is 13.0. The van der Waals surface area contributed by atoms with E-state index < -0.39 is 5.82 Å². The van der Waals surface area contributed by atoms with Crippen LogP contribution in [-0.2, 0) is 5.41 Å². The smallest absolute Gasteiger partial charge is 0.257 e. The van der Waals surface area contributed by atoms with Crippen LogP contribution >= 0.6 is 11.3 Å². The zero-order valence-electron chi connectivity index (χ0n) is 11.0. The minimum Gasteiger partial charge on any atom is -0.298 e. The molecule has 0 aliphatic carbocycles. The molecule has 1 amide bonds. The van der Waals surface area contributed by atoms with Gasteiger partial charge in [-0.1, -0.05) is 26.8 Å². The van der Waals surface area contributed by atoms with E-state index in [4.69, 9.17) is 0 Å². The van der Waals surface area contributed by atoms with Crippen molar-refractivity contribution in [3.63, 3.8) is 0 Å². The number of rotatable bonds is 2. The number of hydrogen-bond donors (Lipinski definition) is 1. The van der Waals surface area contributed by atoms with Gasteiger partial charge in [0.2, 0.25) is 0 Å². The fourth-order valence-corrected chi connectivity index (χ4v) is 2.41. The normalized spacial score (nSPS) is 11.4. The summed E-state index contributed by atoms with van der Waals surface area (Å²) in [5.74, 6) is -0.781. The molecule has 0 saturated carbocycles. The molecule has 0 atom stereocenters. The van der Waals surface area contributed by atoms with Gasteiger partial charge in [0.1, 0.15) is 5.82 Å². The minimum absolute atomic E-state index is 0.0572. The highest BCUT2D eigenvalue weighted by molar-refractivity contribution is 7.14. The standard InChI is InChI=1S/C14H15FN2OS/c1-14(2,3)11-8-19-13(16-11)17-12(18)9-5-4-6-10(15)7-9/h4-8H,1-3H3,(H,16,17,18). The van der Waals surface area contributed by atoms with E-state index in [0.717, 1.165) is 5.69 Å². The number of nitrogens with zero attached hydrogens (tertiary/aromatic N) is 1. The van der Waals surface area contributed by atoms with Gasteiger partial charge in [0, 0.05) is 16.4 Å². The number of amides is 1. The second-order valence-electron chi connectivity index (χ2n) is 5.25. The summed E-state index contributed by atoms with van der Waals surface area (Å²) >= 11 is 1.37. The van der Waals surface area contributed by atoms with E-state index in [-0.39, 0.29) is 16.9 Å². The van der Waals surface area contributed by atoms with Crippen molar-refractivity contribution >= 4 is 22.4 Å². The summed E-state index contributed by atoms with van der Waals surface area (Å²) in [6.07, 6.45) is 0. The van der Waals surface area contributed by atoms with Gasteiger partial charge in [-0.2, -0.15) is 0 Å². The molecule has 0 saturated heterocycles. The molecule has 0 spiro atoms. The van der Waals surface area contributed by atoms with Gasteiger partial charge in [0.15, 0.2) is 5.13 Å². The monoisotopic (exact) mass is 278 g/mol. The third-order valence-corrected chi connectivity index (χ3v) is 3.34. The molecule has 1 aromatic carbocycles. The van der Waals surface area contributed by atoms with Crippen molar-refractivity contribution in [2.24, 2.45) is 0 Å². The molecule has 0 aliphatic heterocycles. The summed E-state index contributed by atoms with van der Waals surface area (Å²) in [4.78, 5) is 16.3. The van der Waals surface area contributed by atoms with Gasteiger partial charge >= 0.3 is 0 Å². The first kappa shape index (κ1) is 13.7. The SMILES string of the molecule is CC(C)(C)c1csc(NC(=O)c2cccc(F)c2)n1. The van der Waals surface area contributed by atoms with E-state index >= 15 is 0 Å². The van der Waals surface area contributed by atoms with Crippen LogP contribution in [0.15, 0.2) is 29.6 Å². The number of aromatic nitrogens is 1. The number of hydrogen-bond acceptors (Lipinski definition) is 3. The second-order valence-corrected chi connectivity index (χ2v) is 6.11. The van der Waals surface area contributed by atoms with E-state index in [2.05, 4.69) is 31.1 Å². The average molecular weight is 278 g/mol. The van der Waals surface area contributed by atoms with Crippen LogP contribution in [0.2, 0.25) is 0 Å². The Morgan fingerprint density at radius 3 is 2.68 bits per heavy atom. The molecule has 1 aromatic heterocycles. The Bertz CT molecular complexity index is 601. The van der Waals surface area contributed by atoms with Crippen molar-refractivity contribution in [1.82, 2.24) is 4.98 Å². The molecule has 0 unspecified atom stereocenters. The van der Waals surface area contributed by atoms with E-state index in [9.17, 15) is 9.18 Å². The van der Waals surface area contributed by atoms with Gasteiger partial charge < -0.3 is 0 Å². The van der Waals surface area contributed by atoms with E-state index in [0.29, 0.717) is 5.13 Å². The fraction of sp³-hybridized carbons (Fsp3) is 0.286. The lowest BCUT2D eigenvalue weighted by atomic mass is 9.93. The predicted molar refractivity (Wildman–Crippen MR) is 75.2 cm³/mol. The number of anilines is 1. The molecule has 0 aliphatic rings. The van der Waals surface area contributed by atoms with E-state index in [1.807, 2.05) is 5.38 Å². The maximum absolute atomic E-state index is 13.0. The molecule has 2 aromatic rings. The largest absolute Gasteiger partial charge is 0.298 e. The average Bonchev–Trinajstić information content (AvgIpc) is 2.77. The number of carbonyl (C=O) groups is 1. The van der Waals surface area contributed by atoms with Gasteiger partial charge in [-0.05, 0) is 18.2 Å². The van der Waals surface area contributed by atoms with E-state index in [1.54, 1.807) is 6.07 Å². The Morgan fingerprint density at radius 1 is 1.37 bits per heavy atom. The van der Waals surface area contributed by atoms with Crippen molar-refractivity contribution in [3.05, 3.63) is 46.7 Å². The molecular weight excluding hydrogens is 263 g/mol. The second kappa shape index (κ2) is 5.09. The van der Waals surface area contributed by atoms with E-state index in [1.165, 1.54) is 29.5 Å². The predicted octanol–water partition coefficient (Wildman–Crippen LogP) is 3.83. The van der Waals surface area contributed by atoms with Gasteiger partial charge in [-0.25, -0.2) is 9.37 Å². The summed E-state index contributed by atoms with van der Waals surface area (Å²) in [5, 5.41) is 5.12. The number of thiazole rings is 1. The maximum Gasteiger partial charge on any atom is 0.257 e. The van der Waals surface area contributed by atoms with Crippen LogP contribution in [0.25, 0.3) is 0 Å². The van der Waals surface area contributed by atoms with Gasteiger partial charge in [0.05, 0.1) is 5.69 Å². The summed E-state index contributed by atoms with van der Waals surface area (Å²) in [6.45, 7) is 6.17. The minimum atomic E-state index is -0.429. The Hall–Kier alpha value is -1.75. The van der Waals surface area contributed by atoms with Crippen molar-refractivity contribution in [3.8, 4) is 0 Å². The van der Waals surface area contributed by atoms with Crippen LogP contribution < -0.4 is 5.32 Å². The molecule has 19 heavy (non-hydrogen) atoms. The lowest BCUT2D eigenvalue weighted by Crippen LogP contribution is -2.14. The Labute approximate surface area is 115 Å². The van der Waals surface area contributed by atoms with Crippen molar-refractivity contribution in [2.75, 3.05) is 5.32 Å². The highest BCUT2D eigenvalue weighted by Gasteiger charge is 2.18. The van der Waals surface area contributed by atoms with Gasteiger partial charge in [-0.3, -0.25) is 10.1 Å². The maximum atomic E-state index is 13.0. The lowest BCUT2D eigenvalue weighted by molar-refractivity contribution is 0.102. The summed E-state index contributed by atoms with van der Waals surface area (Å²) in [7, 11) is 0. The van der Waals surface area contributed by atoms with Crippen molar-refractivity contribution < 1.29 is 9.18 Å². The Morgan fingerprint density at radius 2 is 2.11 bits per heavy atom. The molecule has 100 valence electrons. The van der Waals surface area contributed by atoms with Crippen LogP contribution in [0.1, 0.15) is 36.8 Å². The Balaban J connectivity index is 2.13. The molecule has 2 rings (SSSR count). The van der Waals surface area contributed by atoms with Crippen LogP contribution in [0, 0.1) is 5.82 Å². The first-order valence-electron chi connectivity index (χ1n) is 5.89. The van der Waals surface area contributed by atoms with Crippen LogP contribution in [0.3, 0.4) is 0 Å². The lowest BCUT2D eigenvalue weighted by Gasteiger charge is -2.14. The number of halogens is 1. The summed E-state index contributed by atoms with van der Waals surface area (Å²) in [5.41, 5.74) is 1.15. The quantitative estimate of drug-likeness (QED) is 0.907. The number of carbonyl (C=O) groups excluding carboxylic acids is 1. The van der Waals surface area contributed by atoms with Gasteiger partial charge in [-0.15, -0.1) is 11.3 Å². The number of benzene rings is 1. The molecule has 5 heteroatoms. The molecule has 1 N–H and O–H groups in total. The molecule has 0 radical (unpaired) electrons. The molecule has 0 fully saturated rings. The fourth-order valence-electron chi connectivity index (χ4n) is 1.47. The van der Waals surface area contributed by atoms with Crippen LogP contribution in [0.4, 0.5) is 9.52 Å². The molecular formula is C14H15FN2OS. The first-order valence-corrected chi connectivity index (χ1v) is 6.77. The highest BCUT2D eigenvalue weighted by Crippen LogP contribution is 2.26. The number of nitrogens with one attached hydrogen (secondary N) is 1. The third kappa shape index (κ3) is 3.38.